The molecule has 0 aromatic heterocycles. The van der Waals surface area contributed by atoms with Crippen LogP contribution in [0.5, 0.6) is 0 Å². The zero-order valence-corrected chi connectivity index (χ0v) is 37.3. The topological polar surface area (TPSA) is 235 Å². The molecule has 9 N–H and O–H groups in total. The lowest BCUT2D eigenvalue weighted by atomic mass is 9.82. The lowest BCUT2D eigenvalue weighted by molar-refractivity contribution is -0.221. The highest BCUT2D eigenvalue weighted by atomic mass is 19.4. The van der Waals surface area contributed by atoms with Gasteiger partial charge in [0.15, 0.2) is 0 Å². The van der Waals surface area contributed by atoms with Gasteiger partial charge in [-0.25, -0.2) is 33.4 Å². The summed E-state index contributed by atoms with van der Waals surface area (Å²) in [6.07, 6.45) is -13.6. The number of aliphatic hydroxyl groups excluding tert-OH is 1. The maximum atomic E-state index is 15.8. The number of alkyl halides is 10. The number of halogens is 12. The first-order valence-electron chi connectivity index (χ1n) is 19.7. The highest BCUT2D eigenvalue weighted by molar-refractivity contribution is 6.10. The lowest BCUT2D eigenvalue weighted by Gasteiger charge is -2.38. The number of nitrogens with two attached hydrogens (primary N) is 2. The first kappa shape index (κ1) is 58.5. The zero-order valence-electron chi connectivity index (χ0n) is 37.3. The molecule has 2 aromatic rings. The molecule has 4 amide bonds. The van der Waals surface area contributed by atoms with Crippen LogP contribution in [-0.4, -0.2) is 117 Å². The van der Waals surface area contributed by atoms with Gasteiger partial charge in [0.2, 0.25) is 5.91 Å². The summed E-state index contributed by atoms with van der Waals surface area (Å²) >= 11 is 0. The van der Waals surface area contributed by atoms with Crippen molar-refractivity contribution in [2.45, 2.75) is 90.3 Å². The number of rotatable bonds is 21. The van der Waals surface area contributed by atoms with Crippen LogP contribution in [0.1, 0.15) is 49.9 Å². The summed E-state index contributed by atoms with van der Waals surface area (Å²) in [4.78, 5) is 57.9. The van der Waals surface area contributed by atoms with E-state index < -0.39 is 132 Å². The Kier molecular flexibility index (Phi) is 20.9. The fourth-order valence-corrected chi connectivity index (χ4v) is 6.00. The molecular weight excluding hydrogens is 958 g/mol. The number of carbonyl (C=O) groups is 4. The van der Waals surface area contributed by atoms with Crippen LogP contribution in [0.15, 0.2) is 58.8 Å². The molecule has 2 aromatic carbocycles. The number of hydrazine groups is 1. The second kappa shape index (κ2) is 24.6. The Morgan fingerprint density at radius 1 is 0.710 bits per heavy atom. The summed E-state index contributed by atoms with van der Waals surface area (Å²) in [5.74, 6) is -6.40. The number of hydrogen-bond donors (Lipinski definition) is 7. The van der Waals surface area contributed by atoms with Gasteiger partial charge in [0.25, 0.3) is 5.91 Å². The van der Waals surface area contributed by atoms with E-state index >= 15 is 8.78 Å². The number of allylic oxidation sites excluding steroid dienone is 2. The number of nitrogens with zero attached hydrogens (tertiary/aromatic N) is 3. The van der Waals surface area contributed by atoms with Gasteiger partial charge in [-0.15, -0.1) is 0 Å². The van der Waals surface area contributed by atoms with Crippen LogP contribution in [0.2, 0.25) is 0 Å². The molecule has 0 saturated heterocycles. The van der Waals surface area contributed by atoms with Crippen molar-refractivity contribution in [1.82, 2.24) is 26.4 Å². The van der Waals surface area contributed by atoms with Gasteiger partial charge in [0.05, 0.1) is 37.2 Å². The van der Waals surface area contributed by atoms with Crippen LogP contribution < -0.4 is 32.8 Å². The van der Waals surface area contributed by atoms with E-state index in [0.717, 1.165) is 26.6 Å². The van der Waals surface area contributed by atoms with Gasteiger partial charge in [0, 0.05) is 54.6 Å². The van der Waals surface area contributed by atoms with Gasteiger partial charge in [-0.1, -0.05) is 24.3 Å². The molecule has 0 bridgehead atoms. The van der Waals surface area contributed by atoms with Gasteiger partial charge in [-0.05, 0) is 62.9 Å². The van der Waals surface area contributed by atoms with Crippen LogP contribution in [0.25, 0.3) is 11.1 Å². The summed E-state index contributed by atoms with van der Waals surface area (Å²) in [6, 6.07) is -0.778. The van der Waals surface area contributed by atoms with E-state index in [9.17, 15) is 68.2 Å². The van der Waals surface area contributed by atoms with E-state index in [1.54, 1.807) is 10.6 Å². The Morgan fingerprint density at radius 2 is 1.13 bits per heavy atom. The van der Waals surface area contributed by atoms with E-state index in [4.69, 9.17) is 11.5 Å². The van der Waals surface area contributed by atoms with Gasteiger partial charge < -0.3 is 42.0 Å². The largest absolute Gasteiger partial charge is 0.453 e. The average molecular weight is 1010 g/mol. The van der Waals surface area contributed by atoms with Crippen molar-refractivity contribution in [1.29, 1.82) is 0 Å². The van der Waals surface area contributed by atoms with Gasteiger partial charge in [-0.3, -0.25) is 15.0 Å². The number of benzene rings is 2. The molecule has 16 nitrogen and oxygen atoms in total. The molecule has 0 aliphatic rings. The summed E-state index contributed by atoms with van der Waals surface area (Å²) in [5.41, 5.74) is 5.00. The smallest absolute Gasteiger partial charge is 0.407 e. The van der Waals surface area contributed by atoms with Crippen LogP contribution in [0.3, 0.4) is 0 Å². The van der Waals surface area contributed by atoms with Crippen LogP contribution in [0, 0.1) is 22.5 Å². The molecule has 0 saturated carbocycles. The fourth-order valence-electron chi connectivity index (χ4n) is 6.00. The van der Waals surface area contributed by atoms with Gasteiger partial charge >= 0.3 is 37.6 Å². The molecule has 0 unspecified atom stereocenters. The molecule has 69 heavy (non-hydrogen) atoms. The van der Waals surface area contributed by atoms with Crippen LogP contribution in [0.4, 0.5) is 62.3 Å². The van der Waals surface area contributed by atoms with E-state index in [0.29, 0.717) is 57.3 Å². The molecule has 0 aliphatic heterocycles. The van der Waals surface area contributed by atoms with Crippen molar-refractivity contribution in [2.75, 3.05) is 20.8 Å². The van der Waals surface area contributed by atoms with E-state index in [1.807, 2.05) is 5.43 Å². The van der Waals surface area contributed by atoms with Gasteiger partial charge in [0.1, 0.15) is 23.7 Å². The Hall–Kier alpha value is -6.58. The fraction of sp³-hybridized carbons (Fsp3) is 0.463. The van der Waals surface area contributed by atoms with Crippen molar-refractivity contribution in [3.05, 3.63) is 82.7 Å². The molecular formula is C41H49F12N9O7. The van der Waals surface area contributed by atoms with E-state index in [1.165, 1.54) is 24.3 Å². The number of methoxy groups -OCH3 is 2. The Morgan fingerprint density at radius 3 is 1.52 bits per heavy atom. The number of nitrogens with one attached hydrogen (secondary N) is 4. The Labute approximate surface area is 386 Å². The van der Waals surface area contributed by atoms with Crippen molar-refractivity contribution >= 4 is 47.6 Å². The Bertz CT molecular complexity index is 2200. The van der Waals surface area contributed by atoms with Crippen molar-refractivity contribution in [2.24, 2.45) is 32.3 Å². The first-order valence-corrected chi connectivity index (χ1v) is 19.7. The second-order valence-electron chi connectivity index (χ2n) is 15.8. The quantitative estimate of drug-likeness (QED) is 0.0349. The number of aliphatic hydroxyl groups is 1. The molecule has 28 heteroatoms. The van der Waals surface area contributed by atoms with Crippen LogP contribution in [-0.2, 0) is 32.0 Å². The highest BCUT2D eigenvalue weighted by Gasteiger charge is 2.57. The third-order valence-electron chi connectivity index (χ3n) is 10.4. The predicted octanol–water partition coefficient (Wildman–Crippen LogP) is 5.70. The van der Waals surface area contributed by atoms with Crippen LogP contribution >= 0.6 is 0 Å². The molecule has 0 spiro atoms. The number of carbonyl (C=O) groups excluding carboxylic acids is 4. The lowest BCUT2D eigenvalue weighted by Crippen LogP contribution is -2.63. The first-order chi connectivity index (χ1) is 31.8. The molecule has 0 radical (unpaired) electrons. The molecule has 2 rings (SSSR count). The van der Waals surface area contributed by atoms with Crippen molar-refractivity contribution in [3.63, 3.8) is 0 Å². The third-order valence-corrected chi connectivity index (χ3v) is 10.4. The van der Waals surface area contributed by atoms with E-state index in [-0.39, 0.29) is 16.7 Å². The molecule has 4 atom stereocenters. The minimum absolute atomic E-state index is 0.0259. The summed E-state index contributed by atoms with van der Waals surface area (Å²) < 4.78 is 178. The molecule has 0 fully saturated rings. The number of hydrogen-bond acceptors (Lipinski definition) is 12. The minimum Gasteiger partial charge on any atom is -0.453 e. The van der Waals surface area contributed by atoms with Gasteiger partial charge in [-0.2, -0.15) is 43.9 Å². The summed E-state index contributed by atoms with van der Waals surface area (Å²) in [7, 11) is 1.51. The monoisotopic (exact) mass is 1010 g/mol. The number of alkyl carbamates (subject to hydrolysis) is 2. The van der Waals surface area contributed by atoms with Crippen molar-refractivity contribution < 1.29 is 86.4 Å². The summed E-state index contributed by atoms with van der Waals surface area (Å²) in [6.45, 7) is -6.79. The summed E-state index contributed by atoms with van der Waals surface area (Å²) in [5, 5.41) is 17.9. The average Bonchev–Trinajstić information content (AvgIpc) is 3.24. The normalized spacial score (nSPS) is 15.0. The maximum Gasteiger partial charge on any atom is 0.407 e. The molecule has 384 valence electrons. The second-order valence-corrected chi connectivity index (χ2v) is 15.8. The SMILES string of the molecule is COC(=O)N[C@H](C(=O)N[C@@H](Cc1ccc(C(C=NC(F)F)=CN)cc1)[C@@H](O)CN(Cc1c(F)cc(C(C=NC(F)F)=CN)cc1F)NC(=O)[C@@H](NC(=O)OC)C(C)(C)C(F)(F)F)C(C)(C)C(F)(F)F. The standard InChI is InChI=1S/C41H49F12N9O7/c1-38(2,40(48,49)50)30(59-36(66)68-5)32(64)58-28(11-20-7-9-21(10-8-20)23(14-54)16-56-34(44)45)29(63)19-62(61-33(65)31(60-37(67)69-6)39(3,4)41(51,52)53)18-25-26(42)12-22(13-27(25)43)24(15-55)17-57-35(46)47/h7-10,12-17,28-31,34-35,63H,11,18-19,54-55H2,1-6H3,(H,58,64)(H,59,66)(H,60,67)(H,61,65)/t28-,29-,30+,31+/m0/s1. The Balaban J connectivity index is 2.88. The molecule has 0 aliphatic carbocycles. The third kappa shape index (κ3) is 16.3. The maximum absolute atomic E-state index is 15.8. The number of aliphatic imine (C=N–C) groups is 2. The number of amides is 4. The predicted molar refractivity (Wildman–Crippen MR) is 225 cm³/mol. The zero-order chi connectivity index (χ0) is 52.8. The van der Waals surface area contributed by atoms with Crippen molar-refractivity contribution in [3.8, 4) is 0 Å². The minimum atomic E-state index is -5.27. The molecule has 0 heterocycles. The number of ether oxygens (including phenoxy) is 2. The van der Waals surface area contributed by atoms with E-state index in [2.05, 4.69) is 24.8 Å². The highest BCUT2D eigenvalue weighted by Crippen LogP contribution is 2.42.